The Labute approximate surface area is 193 Å². The zero-order chi connectivity index (χ0) is 22.8. The number of benzene rings is 2. The van der Waals surface area contributed by atoms with Gasteiger partial charge in [0.05, 0.1) is 22.1 Å². The third kappa shape index (κ3) is 2.63. The fourth-order valence-corrected chi connectivity index (χ4v) is 4.91. The van der Waals surface area contributed by atoms with Gasteiger partial charge in [-0.15, -0.1) is 0 Å². The Hall–Kier alpha value is -4.53. The van der Waals surface area contributed by atoms with E-state index in [-0.39, 0.29) is 23.2 Å². The maximum absolute atomic E-state index is 13.4. The van der Waals surface area contributed by atoms with E-state index in [9.17, 15) is 9.59 Å². The number of amides is 2. The molecule has 5 aromatic rings. The molecule has 0 spiro atoms. The second-order valence-electron chi connectivity index (χ2n) is 8.43. The molecule has 3 aromatic heterocycles. The van der Waals surface area contributed by atoms with Crippen LogP contribution in [-0.2, 0) is 13.1 Å². The summed E-state index contributed by atoms with van der Waals surface area (Å²) in [6, 6.07) is 20.6. The SMILES string of the molecule is O=C(c1cccc(C(=O)N2CCn3c2nc2ccccc23)n1)N1CCn2c1nc1ccccc12. The Morgan fingerprint density at radius 3 is 1.53 bits per heavy atom. The molecule has 0 aliphatic carbocycles. The summed E-state index contributed by atoms with van der Waals surface area (Å²) in [7, 11) is 0. The minimum atomic E-state index is -0.266. The zero-order valence-corrected chi connectivity index (χ0v) is 18.1. The highest BCUT2D eigenvalue weighted by molar-refractivity contribution is 6.08. The summed E-state index contributed by atoms with van der Waals surface area (Å²) in [5.74, 6) is 0.686. The van der Waals surface area contributed by atoms with Gasteiger partial charge in [0.1, 0.15) is 11.4 Å². The molecular formula is C25H19N7O2. The largest absolute Gasteiger partial charge is 0.308 e. The van der Waals surface area contributed by atoms with Crippen LogP contribution in [0.5, 0.6) is 0 Å². The summed E-state index contributed by atoms with van der Waals surface area (Å²) in [5, 5.41) is 0. The maximum Gasteiger partial charge on any atom is 0.279 e. The molecule has 5 heterocycles. The summed E-state index contributed by atoms with van der Waals surface area (Å²) < 4.78 is 4.08. The average molecular weight is 449 g/mol. The lowest BCUT2D eigenvalue weighted by Gasteiger charge is -2.16. The van der Waals surface area contributed by atoms with Gasteiger partial charge in [-0.2, -0.15) is 0 Å². The summed E-state index contributed by atoms with van der Waals surface area (Å²) >= 11 is 0. The van der Waals surface area contributed by atoms with Crippen LogP contribution in [-0.4, -0.2) is 49.0 Å². The number of hydrogen-bond acceptors (Lipinski definition) is 5. The molecule has 0 atom stereocenters. The van der Waals surface area contributed by atoms with Crippen molar-refractivity contribution in [2.75, 3.05) is 22.9 Å². The van der Waals surface area contributed by atoms with Crippen LogP contribution in [0, 0.1) is 0 Å². The minimum absolute atomic E-state index is 0.221. The van der Waals surface area contributed by atoms with E-state index in [4.69, 9.17) is 0 Å². The van der Waals surface area contributed by atoms with E-state index in [1.807, 2.05) is 57.7 Å². The molecule has 0 fully saturated rings. The summed E-state index contributed by atoms with van der Waals surface area (Å²) in [6.45, 7) is 2.37. The first-order valence-corrected chi connectivity index (χ1v) is 11.2. The fourth-order valence-electron chi connectivity index (χ4n) is 4.91. The van der Waals surface area contributed by atoms with Crippen LogP contribution in [0.1, 0.15) is 21.0 Å². The Balaban J connectivity index is 1.20. The molecule has 9 heteroatoms. The molecule has 0 unspecified atom stereocenters. The van der Waals surface area contributed by atoms with Crippen molar-refractivity contribution < 1.29 is 9.59 Å². The Morgan fingerprint density at radius 2 is 1.03 bits per heavy atom. The highest BCUT2D eigenvalue weighted by Gasteiger charge is 2.32. The Morgan fingerprint density at radius 1 is 0.559 bits per heavy atom. The van der Waals surface area contributed by atoms with Gasteiger partial charge in [0, 0.05) is 26.2 Å². The molecule has 9 nitrogen and oxygen atoms in total. The number of fused-ring (bicyclic) bond motifs is 6. The number of pyridine rings is 1. The van der Waals surface area contributed by atoms with E-state index >= 15 is 0 Å². The molecule has 7 rings (SSSR count). The smallest absolute Gasteiger partial charge is 0.279 e. The topological polar surface area (TPSA) is 89.1 Å². The van der Waals surface area contributed by atoms with Crippen LogP contribution in [0.25, 0.3) is 22.1 Å². The molecule has 2 amide bonds. The fraction of sp³-hybridized carbons (Fsp3) is 0.160. The lowest BCUT2D eigenvalue weighted by molar-refractivity contribution is 0.0980. The number of rotatable bonds is 2. The van der Waals surface area contributed by atoms with Crippen LogP contribution in [0.4, 0.5) is 11.9 Å². The van der Waals surface area contributed by atoms with Crippen LogP contribution in [0.3, 0.4) is 0 Å². The van der Waals surface area contributed by atoms with Crippen molar-refractivity contribution in [3.63, 3.8) is 0 Å². The van der Waals surface area contributed by atoms with Gasteiger partial charge < -0.3 is 9.13 Å². The predicted molar refractivity (Wildman–Crippen MR) is 127 cm³/mol. The second-order valence-corrected chi connectivity index (χ2v) is 8.43. The van der Waals surface area contributed by atoms with Crippen molar-refractivity contribution in [3.05, 3.63) is 78.1 Å². The molecule has 0 bridgehead atoms. The summed E-state index contributed by atoms with van der Waals surface area (Å²) in [6.07, 6.45) is 0. The monoisotopic (exact) mass is 449 g/mol. The maximum atomic E-state index is 13.4. The van der Waals surface area contributed by atoms with E-state index in [1.54, 1.807) is 28.0 Å². The first-order valence-electron chi connectivity index (χ1n) is 11.2. The van der Waals surface area contributed by atoms with Crippen LogP contribution < -0.4 is 9.80 Å². The minimum Gasteiger partial charge on any atom is -0.308 e. The lowest BCUT2D eigenvalue weighted by atomic mass is 10.2. The zero-order valence-electron chi connectivity index (χ0n) is 18.1. The first-order chi connectivity index (χ1) is 16.7. The molecule has 2 aromatic carbocycles. The van der Waals surface area contributed by atoms with Crippen molar-refractivity contribution >= 4 is 45.8 Å². The standard InChI is InChI=1S/C25H19N7O2/c33-22(31-14-12-29-20-10-3-1-6-16(20)27-24(29)31)18-8-5-9-19(26-18)23(34)32-15-13-30-21-11-4-2-7-17(21)28-25(30)32/h1-11H,12-15H2. The molecule has 0 radical (unpaired) electrons. The number of nitrogens with zero attached hydrogens (tertiary/aromatic N) is 7. The third-order valence-corrected chi connectivity index (χ3v) is 6.52. The van der Waals surface area contributed by atoms with E-state index in [0.717, 1.165) is 22.1 Å². The quantitative estimate of drug-likeness (QED) is 0.413. The van der Waals surface area contributed by atoms with Gasteiger partial charge in [-0.3, -0.25) is 19.4 Å². The number of carbonyl (C=O) groups excluding carboxylic acids is 2. The van der Waals surface area contributed by atoms with E-state index in [2.05, 4.69) is 15.0 Å². The lowest BCUT2D eigenvalue weighted by Crippen LogP contribution is -2.33. The van der Waals surface area contributed by atoms with E-state index in [1.165, 1.54) is 0 Å². The van der Waals surface area contributed by atoms with Gasteiger partial charge in [-0.05, 0) is 36.4 Å². The highest BCUT2D eigenvalue weighted by Crippen LogP contribution is 2.29. The molecular weight excluding hydrogens is 430 g/mol. The van der Waals surface area contributed by atoms with Crippen molar-refractivity contribution in [2.24, 2.45) is 0 Å². The van der Waals surface area contributed by atoms with Crippen LogP contribution in [0.15, 0.2) is 66.7 Å². The highest BCUT2D eigenvalue weighted by atomic mass is 16.2. The van der Waals surface area contributed by atoms with Gasteiger partial charge >= 0.3 is 0 Å². The van der Waals surface area contributed by atoms with Gasteiger partial charge in [0.15, 0.2) is 0 Å². The van der Waals surface area contributed by atoms with Crippen molar-refractivity contribution in [1.82, 2.24) is 24.1 Å². The third-order valence-electron chi connectivity index (χ3n) is 6.52. The molecule has 34 heavy (non-hydrogen) atoms. The van der Waals surface area contributed by atoms with Gasteiger partial charge in [-0.25, -0.2) is 15.0 Å². The molecule has 2 aliphatic heterocycles. The normalized spacial score (nSPS) is 14.7. The average Bonchev–Trinajstić information content (AvgIpc) is 3.63. The van der Waals surface area contributed by atoms with Gasteiger partial charge in [0.25, 0.3) is 11.8 Å². The van der Waals surface area contributed by atoms with E-state index < -0.39 is 0 Å². The van der Waals surface area contributed by atoms with Crippen molar-refractivity contribution in [3.8, 4) is 0 Å². The summed E-state index contributed by atoms with van der Waals surface area (Å²) in [4.78, 5) is 43.7. The van der Waals surface area contributed by atoms with Crippen molar-refractivity contribution in [1.29, 1.82) is 0 Å². The Bertz CT molecular complexity index is 1520. The van der Waals surface area contributed by atoms with Crippen molar-refractivity contribution in [2.45, 2.75) is 13.1 Å². The first kappa shape index (κ1) is 19.0. The van der Waals surface area contributed by atoms with Crippen LogP contribution >= 0.6 is 0 Å². The summed E-state index contributed by atoms with van der Waals surface area (Å²) in [5.41, 5.74) is 4.15. The number of aromatic nitrogens is 5. The number of para-hydroxylation sites is 4. The number of anilines is 2. The van der Waals surface area contributed by atoms with Gasteiger partial charge in [-0.1, -0.05) is 30.3 Å². The molecule has 166 valence electrons. The molecule has 0 N–H and O–H groups in total. The van der Waals surface area contributed by atoms with E-state index in [0.29, 0.717) is 38.1 Å². The van der Waals surface area contributed by atoms with Crippen LogP contribution in [0.2, 0.25) is 0 Å². The molecule has 2 aliphatic rings. The molecule has 0 saturated carbocycles. The Kier molecular flexibility index (Phi) is 3.90. The number of hydrogen-bond donors (Lipinski definition) is 0. The van der Waals surface area contributed by atoms with Gasteiger partial charge in [0.2, 0.25) is 11.9 Å². The second kappa shape index (κ2) is 6.98. The number of carbonyl (C=O) groups is 2. The predicted octanol–water partition coefficient (Wildman–Crippen LogP) is 3.10. The number of imidazole rings is 2. The molecule has 0 saturated heterocycles.